The Bertz CT molecular complexity index is 1090. The van der Waals surface area contributed by atoms with Crippen molar-refractivity contribution in [3.63, 3.8) is 0 Å². The van der Waals surface area contributed by atoms with E-state index >= 15 is 0 Å². The van der Waals surface area contributed by atoms with E-state index in [2.05, 4.69) is 5.32 Å². The van der Waals surface area contributed by atoms with Crippen molar-refractivity contribution in [2.24, 2.45) is 5.92 Å². The van der Waals surface area contributed by atoms with Gasteiger partial charge in [-0.3, -0.25) is 14.4 Å². The van der Waals surface area contributed by atoms with Crippen molar-refractivity contribution in [2.75, 3.05) is 30.5 Å². The maximum atomic E-state index is 12.5. The first-order chi connectivity index (χ1) is 16.2. The largest absolute Gasteiger partial charge is 0.495 e. The zero-order valence-electron chi connectivity index (χ0n) is 19.0. The van der Waals surface area contributed by atoms with Crippen molar-refractivity contribution in [3.8, 4) is 5.75 Å². The van der Waals surface area contributed by atoms with E-state index in [0.717, 1.165) is 0 Å². The molecule has 1 N–H and O–H groups in total. The SMILES string of the molecule is COc1ccc(Cl)cc1NC(=O)COC(=O)[C@@H]1CC(=O)N(c2ccc(C(=O)OC(C)C)cc2)C1. The molecule has 0 aromatic heterocycles. The van der Waals surface area contributed by atoms with E-state index in [1.54, 1.807) is 50.2 Å². The van der Waals surface area contributed by atoms with Crippen LogP contribution in [0.4, 0.5) is 11.4 Å². The molecule has 1 atom stereocenters. The van der Waals surface area contributed by atoms with E-state index in [4.69, 9.17) is 25.8 Å². The van der Waals surface area contributed by atoms with E-state index in [1.165, 1.54) is 18.1 Å². The summed E-state index contributed by atoms with van der Waals surface area (Å²) in [4.78, 5) is 50.6. The van der Waals surface area contributed by atoms with Gasteiger partial charge in [-0.05, 0) is 56.3 Å². The zero-order chi connectivity index (χ0) is 24.8. The van der Waals surface area contributed by atoms with Crippen LogP contribution in [0.2, 0.25) is 5.02 Å². The second kappa shape index (κ2) is 11.0. The van der Waals surface area contributed by atoms with Crippen LogP contribution in [-0.2, 0) is 23.9 Å². The second-order valence-electron chi connectivity index (χ2n) is 7.91. The van der Waals surface area contributed by atoms with Crippen molar-refractivity contribution in [2.45, 2.75) is 26.4 Å². The van der Waals surface area contributed by atoms with Crippen molar-refractivity contribution >= 4 is 46.7 Å². The van der Waals surface area contributed by atoms with E-state index in [1.807, 2.05) is 0 Å². The van der Waals surface area contributed by atoms with E-state index in [0.29, 0.717) is 27.7 Å². The Morgan fingerprint density at radius 3 is 2.50 bits per heavy atom. The van der Waals surface area contributed by atoms with Gasteiger partial charge in [0.2, 0.25) is 5.91 Å². The summed E-state index contributed by atoms with van der Waals surface area (Å²) in [5.41, 5.74) is 1.26. The first-order valence-electron chi connectivity index (χ1n) is 10.6. The minimum Gasteiger partial charge on any atom is -0.495 e. The number of hydrogen-bond acceptors (Lipinski definition) is 7. The molecule has 2 aromatic rings. The van der Waals surface area contributed by atoms with Gasteiger partial charge in [-0.25, -0.2) is 4.79 Å². The fourth-order valence-corrected chi connectivity index (χ4v) is 3.57. The smallest absolute Gasteiger partial charge is 0.338 e. The number of methoxy groups -OCH3 is 1. The number of carbonyl (C=O) groups is 4. The summed E-state index contributed by atoms with van der Waals surface area (Å²) in [7, 11) is 1.45. The number of benzene rings is 2. The molecule has 0 spiro atoms. The third-order valence-corrected chi connectivity index (χ3v) is 5.23. The molecule has 9 nitrogen and oxygen atoms in total. The number of anilines is 2. The number of nitrogens with one attached hydrogen (secondary N) is 1. The molecule has 0 saturated carbocycles. The number of amides is 2. The molecule has 1 heterocycles. The van der Waals surface area contributed by atoms with E-state index in [9.17, 15) is 19.2 Å². The van der Waals surface area contributed by atoms with Gasteiger partial charge in [0.1, 0.15) is 5.75 Å². The van der Waals surface area contributed by atoms with Crippen LogP contribution < -0.4 is 15.0 Å². The Morgan fingerprint density at radius 1 is 1.15 bits per heavy atom. The second-order valence-corrected chi connectivity index (χ2v) is 8.34. The summed E-state index contributed by atoms with van der Waals surface area (Å²) in [5.74, 6) is -2.24. The molecule has 34 heavy (non-hydrogen) atoms. The summed E-state index contributed by atoms with van der Waals surface area (Å²) < 4.78 is 15.4. The minimum absolute atomic E-state index is 0.0420. The molecule has 2 aromatic carbocycles. The third-order valence-electron chi connectivity index (χ3n) is 5.00. The highest BCUT2D eigenvalue weighted by atomic mass is 35.5. The Labute approximate surface area is 201 Å². The molecule has 1 aliphatic rings. The van der Waals surface area contributed by atoms with Crippen LogP contribution in [0.15, 0.2) is 42.5 Å². The molecule has 1 fully saturated rings. The summed E-state index contributed by atoms with van der Waals surface area (Å²) >= 11 is 5.94. The number of esters is 2. The highest BCUT2D eigenvalue weighted by Gasteiger charge is 2.36. The van der Waals surface area contributed by atoms with Gasteiger partial charge in [-0.1, -0.05) is 11.6 Å². The lowest BCUT2D eigenvalue weighted by Gasteiger charge is -2.17. The summed E-state index contributed by atoms with van der Waals surface area (Å²) in [6.07, 6.45) is -0.284. The van der Waals surface area contributed by atoms with Gasteiger partial charge in [0.15, 0.2) is 6.61 Å². The quantitative estimate of drug-likeness (QED) is 0.566. The standard InChI is InChI=1S/C24H25ClN2O7/c1-14(2)34-24(31)15-4-7-18(8-5-15)27-12-16(10-22(27)29)23(30)33-13-21(28)26-19-11-17(25)6-9-20(19)32-3/h4-9,11,14,16H,10,12-13H2,1-3H3,(H,26,28)/t16-/m1/s1. The molecule has 1 saturated heterocycles. The molecule has 0 aliphatic carbocycles. The monoisotopic (exact) mass is 488 g/mol. The number of nitrogens with zero attached hydrogens (tertiary/aromatic N) is 1. The van der Waals surface area contributed by atoms with Crippen LogP contribution >= 0.6 is 11.6 Å². The van der Waals surface area contributed by atoms with E-state index < -0.39 is 30.4 Å². The molecule has 1 aliphatic heterocycles. The maximum Gasteiger partial charge on any atom is 0.338 e. The lowest BCUT2D eigenvalue weighted by atomic mass is 10.1. The zero-order valence-corrected chi connectivity index (χ0v) is 19.8. The van der Waals surface area contributed by atoms with Crippen molar-refractivity contribution in [1.29, 1.82) is 0 Å². The van der Waals surface area contributed by atoms with Crippen LogP contribution in [0.5, 0.6) is 5.75 Å². The third kappa shape index (κ3) is 6.26. The van der Waals surface area contributed by atoms with Gasteiger partial charge >= 0.3 is 11.9 Å². The van der Waals surface area contributed by atoms with Crippen molar-refractivity contribution < 1.29 is 33.4 Å². The Hall–Kier alpha value is -3.59. The van der Waals surface area contributed by atoms with Gasteiger partial charge in [0, 0.05) is 23.7 Å². The highest BCUT2D eigenvalue weighted by molar-refractivity contribution is 6.31. The molecule has 0 radical (unpaired) electrons. The van der Waals surface area contributed by atoms with Crippen molar-refractivity contribution in [1.82, 2.24) is 0 Å². The number of ether oxygens (including phenoxy) is 3. The van der Waals surface area contributed by atoms with Crippen LogP contribution in [0, 0.1) is 5.92 Å². The molecule has 0 bridgehead atoms. The molecule has 2 amide bonds. The lowest BCUT2D eigenvalue weighted by molar-refractivity contribution is -0.151. The minimum atomic E-state index is -0.716. The Morgan fingerprint density at radius 2 is 1.85 bits per heavy atom. The van der Waals surface area contributed by atoms with Gasteiger partial charge in [0.25, 0.3) is 5.91 Å². The van der Waals surface area contributed by atoms with E-state index in [-0.39, 0.29) is 25.0 Å². The Balaban J connectivity index is 1.54. The average Bonchev–Trinajstić information content (AvgIpc) is 3.19. The number of rotatable bonds is 8. The molecular weight excluding hydrogens is 464 g/mol. The van der Waals surface area contributed by atoms with Crippen LogP contribution in [0.1, 0.15) is 30.6 Å². The highest BCUT2D eigenvalue weighted by Crippen LogP contribution is 2.28. The first kappa shape index (κ1) is 25.0. The van der Waals surface area contributed by atoms with Gasteiger partial charge in [-0.2, -0.15) is 0 Å². The first-order valence-corrected chi connectivity index (χ1v) is 11.0. The van der Waals surface area contributed by atoms with Crippen LogP contribution in [0.25, 0.3) is 0 Å². The molecule has 10 heteroatoms. The molecule has 3 rings (SSSR count). The fourth-order valence-electron chi connectivity index (χ4n) is 3.39. The number of carbonyl (C=O) groups excluding carboxylic acids is 4. The molecular formula is C24H25ClN2O7. The normalized spacial score (nSPS) is 15.3. The molecule has 0 unspecified atom stereocenters. The van der Waals surface area contributed by atoms with Crippen LogP contribution in [-0.4, -0.2) is 50.1 Å². The fraction of sp³-hybridized carbons (Fsp3) is 0.333. The topological polar surface area (TPSA) is 111 Å². The summed E-state index contributed by atoms with van der Waals surface area (Å²) in [5, 5.41) is 2.98. The van der Waals surface area contributed by atoms with Crippen LogP contribution in [0.3, 0.4) is 0 Å². The number of hydrogen-bond donors (Lipinski definition) is 1. The summed E-state index contributed by atoms with van der Waals surface area (Å²) in [6.45, 7) is 3.10. The van der Waals surface area contributed by atoms with Crippen molar-refractivity contribution in [3.05, 3.63) is 53.1 Å². The predicted octanol–water partition coefficient (Wildman–Crippen LogP) is 3.45. The maximum absolute atomic E-state index is 12.5. The average molecular weight is 489 g/mol. The Kier molecular flexibility index (Phi) is 8.12. The number of halogens is 1. The summed E-state index contributed by atoms with van der Waals surface area (Å²) in [6, 6.07) is 11.1. The van der Waals surface area contributed by atoms with Gasteiger partial charge in [-0.15, -0.1) is 0 Å². The van der Waals surface area contributed by atoms with Gasteiger partial charge < -0.3 is 24.4 Å². The predicted molar refractivity (Wildman–Crippen MR) is 125 cm³/mol. The lowest BCUT2D eigenvalue weighted by Crippen LogP contribution is -2.28. The van der Waals surface area contributed by atoms with Gasteiger partial charge in [0.05, 0.1) is 30.4 Å². The molecule has 180 valence electrons.